The highest BCUT2D eigenvalue weighted by Gasteiger charge is 2.27. The Hall–Kier alpha value is -2.45. The lowest BCUT2D eigenvalue weighted by atomic mass is 10.1. The molecule has 164 valence electrons. The van der Waals surface area contributed by atoms with Gasteiger partial charge in [-0.2, -0.15) is 0 Å². The second kappa shape index (κ2) is 10.0. The predicted molar refractivity (Wildman–Crippen MR) is 116 cm³/mol. The topological polar surface area (TPSA) is 92.8 Å². The first-order chi connectivity index (χ1) is 14.0. The lowest BCUT2D eigenvalue weighted by molar-refractivity contribution is -0.160. The Kier molecular flexibility index (Phi) is 7.97. The van der Waals surface area contributed by atoms with Crippen LogP contribution in [0.4, 0.5) is 0 Å². The van der Waals surface area contributed by atoms with Gasteiger partial charge in [-0.25, -0.2) is 13.1 Å². The first kappa shape index (κ1) is 23.8. The number of carbonyl (C=O) groups excluding carboxylic acids is 2. The number of hydrogen-bond donors (Lipinski definition) is 1. The molecule has 0 radical (unpaired) electrons. The third-order valence-corrected chi connectivity index (χ3v) is 6.13. The van der Waals surface area contributed by atoms with E-state index in [0.717, 1.165) is 10.8 Å². The van der Waals surface area contributed by atoms with Crippen LogP contribution in [0.2, 0.25) is 0 Å². The number of ether oxygens (including phenoxy) is 1. The number of fused-ring (bicyclic) bond motifs is 1. The monoisotopic (exact) mass is 434 g/mol. The third kappa shape index (κ3) is 6.03. The molecule has 0 spiro atoms. The predicted octanol–water partition coefficient (Wildman–Crippen LogP) is 3.09. The minimum absolute atomic E-state index is 0.0209. The number of rotatable bonds is 9. The molecule has 0 fully saturated rings. The van der Waals surface area contributed by atoms with Gasteiger partial charge in [-0.1, -0.05) is 30.3 Å². The van der Waals surface area contributed by atoms with Crippen molar-refractivity contribution in [3.8, 4) is 0 Å². The van der Waals surface area contributed by atoms with E-state index >= 15 is 0 Å². The average molecular weight is 435 g/mol. The van der Waals surface area contributed by atoms with Gasteiger partial charge in [0.25, 0.3) is 5.91 Å². The molecule has 0 heterocycles. The second-order valence-corrected chi connectivity index (χ2v) is 9.49. The van der Waals surface area contributed by atoms with Crippen molar-refractivity contribution in [3.05, 3.63) is 42.5 Å². The van der Waals surface area contributed by atoms with E-state index in [0.29, 0.717) is 0 Å². The van der Waals surface area contributed by atoms with Gasteiger partial charge >= 0.3 is 5.97 Å². The summed E-state index contributed by atoms with van der Waals surface area (Å²) in [6.45, 7) is 8.99. The van der Waals surface area contributed by atoms with Crippen LogP contribution in [-0.4, -0.2) is 49.9 Å². The molecule has 2 aromatic carbocycles. The van der Waals surface area contributed by atoms with Gasteiger partial charge in [0, 0.05) is 18.6 Å². The molecule has 0 saturated carbocycles. The SMILES string of the molecule is CC(OC(=O)CCNS(=O)(=O)c1ccc2ccccc2c1)C(=O)N(C(C)C)C(C)C. The first-order valence-electron chi connectivity index (χ1n) is 10.0. The van der Waals surface area contributed by atoms with E-state index in [-0.39, 0.29) is 35.9 Å². The van der Waals surface area contributed by atoms with Gasteiger partial charge in [0.2, 0.25) is 10.0 Å². The van der Waals surface area contributed by atoms with Gasteiger partial charge in [-0.05, 0) is 57.5 Å². The number of esters is 1. The Morgan fingerprint density at radius 3 is 2.17 bits per heavy atom. The van der Waals surface area contributed by atoms with Gasteiger partial charge < -0.3 is 9.64 Å². The van der Waals surface area contributed by atoms with Gasteiger partial charge in [0.15, 0.2) is 6.10 Å². The van der Waals surface area contributed by atoms with E-state index in [9.17, 15) is 18.0 Å². The molecule has 8 heteroatoms. The van der Waals surface area contributed by atoms with Crippen molar-refractivity contribution in [3.63, 3.8) is 0 Å². The van der Waals surface area contributed by atoms with E-state index < -0.39 is 22.1 Å². The normalized spacial score (nSPS) is 12.9. The summed E-state index contributed by atoms with van der Waals surface area (Å²) in [5.41, 5.74) is 0. The summed E-state index contributed by atoms with van der Waals surface area (Å²) >= 11 is 0. The number of benzene rings is 2. The van der Waals surface area contributed by atoms with Crippen molar-refractivity contribution in [2.75, 3.05) is 6.54 Å². The molecule has 0 saturated heterocycles. The molecule has 7 nitrogen and oxygen atoms in total. The van der Waals surface area contributed by atoms with E-state index in [2.05, 4.69) is 4.72 Å². The number of nitrogens with one attached hydrogen (secondary N) is 1. The number of nitrogens with zero attached hydrogens (tertiary/aromatic N) is 1. The minimum Gasteiger partial charge on any atom is -0.452 e. The van der Waals surface area contributed by atoms with E-state index in [1.165, 1.54) is 13.0 Å². The van der Waals surface area contributed by atoms with Crippen molar-refractivity contribution in [2.24, 2.45) is 0 Å². The van der Waals surface area contributed by atoms with Crippen LogP contribution >= 0.6 is 0 Å². The Morgan fingerprint density at radius 2 is 1.57 bits per heavy atom. The number of amides is 1. The molecule has 0 aliphatic rings. The quantitative estimate of drug-likeness (QED) is 0.612. The van der Waals surface area contributed by atoms with Crippen LogP contribution in [0, 0.1) is 0 Å². The molecule has 1 unspecified atom stereocenters. The van der Waals surface area contributed by atoms with Gasteiger partial charge in [-0.15, -0.1) is 0 Å². The highest BCUT2D eigenvalue weighted by molar-refractivity contribution is 7.89. The smallest absolute Gasteiger partial charge is 0.307 e. The fraction of sp³-hybridized carbons (Fsp3) is 0.455. The zero-order chi connectivity index (χ0) is 22.5. The zero-order valence-corrected chi connectivity index (χ0v) is 18.9. The van der Waals surface area contributed by atoms with E-state index in [1.807, 2.05) is 52.0 Å². The molecule has 0 aliphatic carbocycles. The molecule has 2 aromatic rings. The zero-order valence-electron chi connectivity index (χ0n) is 18.1. The molecule has 1 N–H and O–H groups in total. The highest BCUT2D eigenvalue weighted by Crippen LogP contribution is 2.18. The minimum atomic E-state index is -3.76. The van der Waals surface area contributed by atoms with Gasteiger partial charge in [0.05, 0.1) is 11.3 Å². The molecule has 0 aromatic heterocycles. The summed E-state index contributed by atoms with van der Waals surface area (Å²) in [4.78, 5) is 26.4. The summed E-state index contributed by atoms with van der Waals surface area (Å²) in [5.74, 6) is -0.908. The van der Waals surface area contributed by atoms with E-state index in [1.54, 1.807) is 17.0 Å². The maximum absolute atomic E-state index is 12.5. The third-order valence-electron chi connectivity index (χ3n) is 4.68. The molecule has 0 bridgehead atoms. The van der Waals surface area contributed by atoms with Crippen LogP contribution in [0.3, 0.4) is 0 Å². The lowest BCUT2D eigenvalue weighted by Crippen LogP contribution is -2.47. The Balaban J connectivity index is 1.91. The summed E-state index contributed by atoms with van der Waals surface area (Å²) in [7, 11) is -3.76. The van der Waals surface area contributed by atoms with Crippen molar-refractivity contribution < 1.29 is 22.7 Å². The van der Waals surface area contributed by atoms with Crippen molar-refractivity contribution >= 4 is 32.7 Å². The van der Waals surface area contributed by atoms with Crippen LogP contribution < -0.4 is 4.72 Å². The summed E-state index contributed by atoms with van der Waals surface area (Å²) < 4.78 is 32.6. The van der Waals surface area contributed by atoms with Gasteiger partial charge in [-0.3, -0.25) is 9.59 Å². The maximum atomic E-state index is 12.5. The molecular weight excluding hydrogens is 404 g/mol. The fourth-order valence-electron chi connectivity index (χ4n) is 3.33. The second-order valence-electron chi connectivity index (χ2n) is 7.72. The molecular formula is C22H30N2O5S. The Morgan fingerprint density at radius 1 is 0.967 bits per heavy atom. The summed E-state index contributed by atoms with van der Waals surface area (Å²) in [6, 6.07) is 12.3. The van der Waals surface area contributed by atoms with Crippen LogP contribution in [0.5, 0.6) is 0 Å². The van der Waals surface area contributed by atoms with Crippen molar-refractivity contribution in [1.29, 1.82) is 0 Å². The van der Waals surface area contributed by atoms with Crippen LogP contribution in [0.1, 0.15) is 41.0 Å². The molecule has 0 aliphatic heterocycles. The molecule has 1 amide bonds. The average Bonchev–Trinajstić information content (AvgIpc) is 2.66. The van der Waals surface area contributed by atoms with Crippen molar-refractivity contribution in [1.82, 2.24) is 9.62 Å². The Labute approximate surface area is 178 Å². The number of hydrogen-bond acceptors (Lipinski definition) is 5. The van der Waals surface area contributed by atoms with Crippen LogP contribution in [0.15, 0.2) is 47.4 Å². The summed E-state index contributed by atoms with van der Waals surface area (Å²) in [5, 5.41) is 1.75. The lowest BCUT2D eigenvalue weighted by Gasteiger charge is -2.32. The number of sulfonamides is 1. The van der Waals surface area contributed by atoms with Gasteiger partial charge in [0.1, 0.15) is 0 Å². The van der Waals surface area contributed by atoms with Crippen molar-refractivity contribution in [2.45, 2.75) is 64.1 Å². The Bertz CT molecular complexity index is 994. The highest BCUT2D eigenvalue weighted by atomic mass is 32.2. The number of carbonyl (C=O) groups is 2. The standard InChI is InChI=1S/C22H30N2O5S/c1-15(2)24(16(3)4)22(26)17(5)29-21(25)12-13-23-30(27,28)20-11-10-18-8-6-7-9-19(18)14-20/h6-11,14-17,23H,12-13H2,1-5H3. The van der Waals surface area contributed by atoms with E-state index in [4.69, 9.17) is 4.74 Å². The largest absolute Gasteiger partial charge is 0.452 e. The molecule has 2 rings (SSSR count). The molecule has 30 heavy (non-hydrogen) atoms. The summed E-state index contributed by atoms with van der Waals surface area (Å²) in [6.07, 6.45) is -1.10. The van der Waals surface area contributed by atoms with Crippen LogP contribution in [0.25, 0.3) is 10.8 Å². The maximum Gasteiger partial charge on any atom is 0.307 e. The first-order valence-corrected chi connectivity index (χ1v) is 11.5. The fourth-order valence-corrected chi connectivity index (χ4v) is 4.39. The van der Waals surface area contributed by atoms with Crippen LogP contribution in [-0.2, 0) is 24.3 Å². The molecule has 1 atom stereocenters.